The Labute approximate surface area is 230 Å². The predicted molar refractivity (Wildman–Crippen MR) is 145 cm³/mol. The zero-order chi connectivity index (χ0) is 29.5. The number of aromatic amines is 1. The number of rotatable bonds is 10. The lowest BCUT2D eigenvalue weighted by Crippen LogP contribution is -2.31. The van der Waals surface area contributed by atoms with Crippen molar-refractivity contribution in [1.29, 1.82) is 0 Å². The first kappa shape index (κ1) is 33.1. The van der Waals surface area contributed by atoms with Crippen molar-refractivity contribution >= 4 is 25.6 Å². The van der Waals surface area contributed by atoms with Crippen LogP contribution in [0.15, 0.2) is 64.3 Å². The number of ether oxygens (including phenoxy) is 2. The smallest absolute Gasteiger partial charge is 0.330 e. The number of H-pyrrole nitrogens is 1. The molecule has 2 aromatic carbocycles. The van der Waals surface area contributed by atoms with Crippen molar-refractivity contribution in [3.63, 3.8) is 0 Å². The standard InChI is InChI=1S/C21H21FN3O6P.C4H10O.CH2F2/c22-16-12-20(25-10-8-19(27)24-21(25)28)30-18(16)13-29-32(23-9-11-26)31-17-7-3-5-14-4-1-2-6-15(14)17;1-4(2)5-3;2-1-3/h1-8,10-11,16,18,20,23H,9,12-13H2,(H,24,27,28);4H,1-3H3;1H2. The number of nitrogens with one attached hydrogen (secondary N) is 2. The molecule has 0 amide bonds. The molecule has 0 aliphatic carbocycles. The summed E-state index contributed by atoms with van der Waals surface area (Å²) in [5.74, 6) is 0.564. The van der Waals surface area contributed by atoms with E-state index in [1.54, 1.807) is 13.2 Å². The van der Waals surface area contributed by atoms with Gasteiger partial charge in [-0.25, -0.2) is 23.1 Å². The molecular formula is C26H33F3N3O7P. The van der Waals surface area contributed by atoms with Gasteiger partial charge >= 0.3 is 14.2 Å². The highest BCUT2D eigenvalue weighted by Gasteiger charge is 2.37. The number of alkyl halides is 3. The number of hydrogen-bond donors (Lipinski definition) is 2. The van der Waals surface area contributed by atoms with Crippen LogP contribution in [-0.2, 0) is 18.8 Å². The summed E-state index contributed by atoms with van der Waals surface area (Å²) in [6.45, 7) is 2.09. The van der Waals surface area contributed by atoms with E-state index in [2.05, 4.69) is 10.1 Å². The van der Waals surface area contributed by atoms with Crippen molar-refractivity contribution in [2.45, 2.75) is 44.9 Å². The van der Waals surface area contributed by atoms with E-state index < -0.39 is 45.2 Å². The SMILES string of the molecule is COC(C)C.FCF.O=CCNP(OCC1OC(n2ccc(=O)[nH]c2=O)CC1F)Oc1cccc2ccccc12. The van der Waals surface area contributed by atoms with Gasteiger partial charge in [0.2, 0.25) is 6.93 Å². The van der Waals surface area contributed by atoms with Crippen molar-refractivity contribution < 1.29 is 36.5 Å². The van der Waals surface area contributed by atoms with Gasteiger partial charge in [0.25, 0.3) is 5.56 Å². The van der Waals surface area contributed by atoms with Crippen LogP contribution in [-0.4, -0.2) is 61.4 Å². The number of hydrogen-bond acceptors (Lipinski definition) is 8. The summed E-state index contributed by atoms with van der Waals surface area (Å²) in [7, 11) is -0.0752. The normalized spacial score (nSPS) is 18.8. The van der Waals surface area contributed by atoms with Gasteiger partial charge in [-0.2, -0.15) is 0 Å². The maximum absolute atomic E-state index is 14.6. The third-order valence-corrected chi connectivity index (χ3v) is 6.57. The second-order valence-electron chi connectivity index (χ2n) is 8.43. The van der Waals surface area contributed by atoms with Crippen LogP contribution in [0.3, 0.4) is 0 Å². The Morgan fingerprint density at radius 1 is 1.18 bits per heavy atom. The molecule has 1 aliphatic heterocycles. The second kappa shape index (κ2) is 17.6. The molecule has 14 heteroatoms. The van der Waals surface area contributed by atoms with Gasteiger partial charge in [0.05, 0.1) is 19.3 Å². The average Bonchev–Trinajstić information content (AvgIpc) is 3.30. The van der Waals surface area contributed by atoms with Gasteiger partial charge in [0, 0.05) is 31.2 Å². The maximum Gasteiger partial charge on any atom is 0.330 e. The van der Waals surface area contributed by atoms with Crippen LogP contribution < -0.4 is 20.9 Å². The average molecular weight is 588 g/mol. The van der Waals surface area contributed by atoms with Crippen LogP contribution in [0.2, 0.25) is 0 Å². The molecule has 4 rings (SSSR count). The Hall–Kier alpha value is -3.09. The van der Waals surface area contributed by atoms with Crippen molar-refractivity contribution in [2.75, 3.05) is 27.2 Å². The molecule has 0 radical (unpaired) electrons. The first-order chi connectivity index (χ1) is 19.2. The quantitative estimate of drug-likeness (QED) is 0.265. The summed E-state index contributed by atoms with van der Waals surface area (Å²) < 4.78 is 57.1. The number of fused-ring (bicyclic) bond motifs is 1. The molecule has 2 heterocycles. The number of carbonyl (C=O) groups is 1. The van der Waals surface area contributed by atoms with E-state index in [1.807, 2.05) is 50.2 Å². The summed E-state index contributed by atoms with van der Waals surface area (Å²) in [5, 5.41) is 4.71. The minimum Gasteiger partial charge on any atom is -0.435 e. The maximum atomic E-state index is 14.6. The van der Waals surface area contributed by atoms with Crippen LogP contribution in [0, 0.1) is 0 Å². The second-order valence-corrected chi connectivity index (χ2v) is 9.71. The molecule has 3 aromatic rings. The van der Waals surface area contributed by atoms with Crippen LogP contribution in [0.4, 0.5) is 13.2 Å². The first-order valence-corrected chi connectivity index (χ1v) is 13.4. The Morgan fingerprint density at radius 3 is 2.50 bits per heavy atom. The molecule has 40 heavy (non-hydrogen) atoms. The Kier molecular flexibility index (Phi) is 14.5. The van der Waals surface area contributed by atoms with Gasteiger partial charge in [-0.05, 0) is 25.3 Å². The Bertz CT molecular complexity index is 1290. The fourth-order valence-corrected chi connectivity index (χ4v) is 4.44. The van der Waals surface area contributed by atoms with Crippen LogP contribution in [0.25, 0.3) is 10.8 Å². The molecule has 0 saturated carbocycles. The largest absolute Gasteiger partial charge is 0.435 e. The molecule has 1 saturated heterocycles. The van der Waals surface area contributed by atoms with Crippen molar-refractivity contribution in [3.05, 3.63) is 75.6 Å². The molecular weight excluding hydrogens is 554 g/mol. The molecule has 0 spiro atoms. The summed E-state index contributed by atoms with van der Waals surface area (Å²) in [4.78, 5) is 36.1. The first-order valence-electron chi connectivity index (χ1n) is 12.3. The minimum atomic E-state index is -1.77. The van der Waals surface area contributed by atoms with E-state index in [9.17, 15) is 27.6 Å². The highest BCUT2D eigenvalue weighted by Crippen LogP contribution is 2.40. The monoisotopic (exact) mass is 587 g/mol. The highest BCUT2D eigenvalue weighted by molar-refractivity contribution is 7.45. The van der Waals surface area contributed by atoms with Crippen molar-refractivity contribution in [3.8, 4) is 5.75 Å². The lowest BCUT2D eigenvalue weighted by atomic mass is 10.1. The van der Waals surface area contributed by atoms with E-state index in [0.717, 1.165) is 15.3 Å². The van der Waals surface area contributed by atoms with E-state index in [1.165, 1.54) is 12.3 Å². The van der Waals surface area contributed by atoms with Crippen LogP contribution in [0.1, 0.15) is 26.5 Å². The van der Waals surface area contributed by atoms with E-state index in [4.69, 9.17) is 18.5 Å². The molecule has 1 aromatic heterocycles. The number of nitrogens with zero attached hydrogens (tertiary/aromatic N) is 1. The van der Waals surface area contributed by atoms with E-state index in [-0.39, 0.29) is 19.6 Å². The molecule has 4 atom stereocenters. The third kappa shape index (κ3) is 10.5. The Balaban J connectivity index is 0.000000621. The highest BCUT2D eigenvalue weighted by atomic mass is 31.2. The fraction of sp³-hybridized carbons (Fsp3) is 0.423. The molecule has 10 nitrogen and oxygen atoms in total. The molecule has 2 N–H and O–H groups in total. The molecule has 220 valence electrons. The lowest BCUT2D eigenvalue weighted by molar-refractivity contribution is -0.107. The van der Waals surface area contributed by atoms with Gasteiger partial charge in [-0.3, -0.25) is 14.3 Å². The van der Waals surface area contributed by atoms with Crippen LogP contribution in [0.5, 0.6) is 5.75 Å². The summed E-state index contributed by atoms with van der Waals surface area (Å²) in [5.41, 5.74) is -1.22. The zero-order valence-electron chi connectivity index (χ0n) is 22.3. The van der Waals surface area contributed by atoms with Gasteiger partial charge in [0.1, 0.15) is 30.5 Å². The number of methoxy groups -OCH3 is 1. The molecule has 1 fully saturated rings. The Morgan fingerprint density at radius 2 is 1.85 bits per heavy atom. The van der Waals surface area contributed by atoms with Gasteiger partial charge in [-0.1, -0.05) is 36.4 Å². The third-order valence-electron chi connectivity index (χ3n) is 5.39. The van der Waals surface area contributed by atoms with Gasteiger partial charge < -0.3 is 23.3 Å². The van der Waals surface area contributed by atoms with Crippen molar-refractivity contribution in [2.24, 2.45) is 0 Å². The minimum absolute atomic E-state index is 0.00353. The number of benzene rings is 2. The number of aromatic nitrogens is 2. The lowest BCUT2D eigenvalue weighted by Gasteiger charge is -2.21. The van der Waals surface area contributed by atoms with Crippen molar-refractivity contribution in [1.82, 2.24) is 14.6 Å². The molecule has 1 aliphatic rings. The summed E-state index contributed by atoms with van der Waals surface area (Å²) in [6.07, 6.45) is -0.940. The fourth-order valence-electron chi connectivity index (χ4n) is 3.39. The zero-order valence-corrected chi connectivity index (χ0v) is 23.2. The number of carbonyl (C=O) groups excluding carboxylic acids is 1. The van der Waals surface area contributed by atoms with E-state index >= 15 is 0 Å². The van der Waals surface area contributed by atoms with Gasteiger partial charge in [-0.15, -0.1) is 0 Å². The number of halogens is 3. The number of aldehydes is 1. The van der Waals surface area contributed by atoms with Gasteiger partial charge in [0.15, 0.2) is 0 Å². The van der Waals surface area contributed by atoms with E-state index in [0.29, 0.717) is 18.1 Å². The molecule has 0 bridgehead atoms. The topological polar surface area (TPSA) is 121 Å². The summed E-state index contributed by atoms with van der Waals surface area (Å²) >= 11 is 0. The predicted octanol–water partition coefficient (Wildman–Crippen LogP) is 4.35. The molecule has 4 unspecified atom stereocenters. The van der Waals surface area contributed by atoms with Crippen LogP contribution >= 0.6 is 8.53 Å². The summed E-state index contributed by atoms with van der Waals surface area (Å²) in [6, 6.07) is 14.4.